The Bertz CT molecular complexity index is 842. The van der Waals surface area contributed by atoms with Crippen LogP contribution in [0.5, 0.6) is 0 Å². The zero-order valence-electron chi connectivity index (χ0n) is 15.0. The summed E-state index contributed by atoms with van der Waals surface area (Å²) in [5.41, 5.74) is 0.150. The van der Waals surface area contributed by atoms with Gasteiger partial charge in [-0.25, -0.2) is 4.39 Å². The summed E-state index contributed by atoms with van der Waals surface area (Å²) in [6.45, 7) is 2.12. The Morgan fingerprint density at radius 2 is 1.89 bits per heavy atom. The fourth-order valence-electron chi connectivity index (χ4n) is 3.30. The average molecular weight is 388 g/mol. The summed E-state index contributed by atoms with van der Waals surface area (Å²) in [7, 11) is 0. The number of hydrogen-bond acceptors (Lipinski definition) is 4. The lowest BCUT2D eigenvalue weighted by molar-refractivity contribution is -0.387. The van der Waals surface area contributed by atoms with Crippen molar-refractivity contribution >= 4 is 23.4 Å². The summed E-state index contributed by atoms with van der Waals surface area (Å²) in [4.78, 5) is 24.6. The van der Waals surface area contributed by atoms with Crippen LogP contribution in [0.1, 0.15) is 43.0 Å². The maximum atomic E-state index is 13.0. The second kappa shape index (κ2) is 8.52. The van der Waals surface area contributed by atoms with Gasteiger partial charge in [0.1, 0.15) is 5.82 Å². The molecule has 27 heavy (non-hydrogen) atoms. The van der Waals surface area contributed by atoms with Gasteiger partial charge in [0, 0.05) is 22.6 Å². The minimum absolute atomic E-state index is 0.110. The quantitative estimate of drug-likeness (QED) is 0.565. The van der Waals surface area contributed by atoms with Crippen LogP contribution in [0.15, 0.2) is 52.3 Å². The van der Waals surface area contributed by atoms with Gasteiger partial charge in [-0.15, -0.1) is 0 Å². The Morgan fingerprint density at radius 1 is 1.19 bits per heavy atom. The summed E-state index contributed by atoms with van der Waals surface area (Å²) in [6, 6.07) is 10.3. The third kappa shape index (κ3) is 4.86. The van der Waals surface area contributed by atoms with Crippen LogP contribution in [0.2, 0.25) is 0 Å². The maximum Gasteiger partial charge on any atom is 0.284 e. The summed E-state index contributed by atoms with van der Waals surface area (Å²) in [5, 5.41) is 14.5. The molecular weight excluding hydrogens is 367 g/mol. The third-order valence-electron chi connectivity index (χ3n) is 4.89. The largest absolute Gasteiger partial charge is 0.349 e. The molecule has 1 N–H and O–H groups in total. The first kappa shape index (κ1) is 19.4. The molecule has 0 radical (unpaired) electrons. The molecule has 7 heteroatoms. The van der Waals surface area contributed by atoms with E-state index in [0.29, 0.717) is 15.7 Å². The fraction of sp³-hybridized carbons (Fsp3) is 0.350. The molecule has 2 atom stereocenters. The van der Waals surface area contributed by atoms with E-state index in [1.54, 1.807) is 24.3 Å². The average Bonchev–Trinajstić information content (AvgIpc) is 2.65. The number of amides is 1. The molecule has 142 valence electrons. The lowest BCUT2D eigenvalue weighted by atomic mass is 9.86. The predicted molar refractivity (Wildman–Crippen MR) is 103 cm³/mol. The maximum absolute atomic E-state index is 13.0. The molecule has 0 saturated heterocycles. The Labute approximate surface area is 161 Å². The van der Waals surface area contributed by atoms with Crippen molar-refractivity contribution in [2.45, 2.75) is 48.4 Å². The highest BCUT2D eigenvalue weighted by Gasteiger charge is 2.25. The normalized spacial score (nSPS) is 19.5. The van der Waals surface area contributed by atoms with E-state index >= 15 is 0 Å². The molecule has 3 rings (SSSR count). The van der Waals surface area contributed by atoms with Crippen LogP contribution in [0.3, 0.4) is 0 Å². The van der Waals surface area contributed by atoms with E-state index in [0.717, 1.165) is 19.3 Å². The van der Waals surface area contributed by atoms with Gasteiger partial charge in [-0.05, 0) is 55.2 Å². The molecule has 0 bridgehead atoms. The highest BCUT2D eigenvalue weighted by atomic mass is 32.2. The minimum atomic E-state index is -0.494. The number of halogens is 1. The molecule has 0 spiro atoms. The molecule has 1 aliphatic carbocycles. The van der Waals surface area contributed by atoms with E-state index in [-0.39, 0.29) is 29.0 Å². The number of carbonyl (C=O) groups excluding carboxylic acids is 1. The first-order chi connectivity index (χ1) is 12.9. The molecule has 0 aliphatic heterocycles. The Balaban J connectivity index is 1.79. The highest BCUT2D eigenvalue weighted by Crippen LogP contribution is 2.35. The van der Waals surface area contributed by atoms with Crippen LogP contribution in [-0.4, -0.2) is 16.9 Å². The first-order valence-electron chi connectivity index (χ1n) is 8.97. The molecule has 2 aromatic carbocycles. The van der Waals surface area contributed by atoms with E-state index in [4.69, 9.17) is 0 Å². The summed E-state index contributed by atoms with van der Waals surface area (Å²) >= 11 is 1.17. The molecule has 1 saturated carbocycles. The predicted octanol–water partition coefficient (Wildman–Crippen LogP) is 5.19. The van der Waals surface area contributed by atoms with Crippen LogP contribution < -0.4 is 5.32 Å². The van der Waals surface area contributed by atoms with Gasteiger partial charge in [0.25, 0.3) is 11.6 Å². The van der Waals surface area contributed by atoms with Crippen molar-refractivity contribution in [3.05, 3.63) is 64.0 Å². The zero-order chi connectivity index (χ0) is 19.4. The number of rotatable bonds is 5. The van der Waals surface area contributed by atoms with Crippen molar-refractivity contribution in [2.75, 3.05) is 0 Å². The number of benzene rings is 2. The lowest BCUT2D eigenvalue weighted by Crippen LogP contribution is -2.41. The number of nitro benzene ring substituents is 1. The zero-order valence-corrected chi connectivity index (χ0v) is 15.8. The minimum Gasteiger partial charge on any atom is -0.349 e. The van der Waals surface area contributed by atoms with Crippen molar-refractivity contribution < 1.29 is 14.1 Å². The van der Waals surface area contributed by atoms with Gasteiger partial charge in [-0.3, -0.25) is 14.9 Å². The number of carbonyl (C=O) groups is 1. The number of nitro groups is 1. The second-order valence-corrected chi connectivity index (χ2v) is 7.95. The van der Waals surface area contributed by atoms with Crippen molar-refractivity contribution in [1.29, 1.82) is 0 Å². The molecule has 0 heterocycles. The van der Waals surface area contributed by atoms with Crippen molar-refractivity contribution in [2.24, 2.45) is 5.92 Å². The standard InChI is InChI=1S/C20H21FN2O3S/c1-13-4-2-3-5-17(13)22-20(24)14-6-11-19(18(12-14)23(25)26)27-16-9-7-15(21)8-10-16/h6-13,17H,2-5H2,1H3,(H,22,24). The van der Waals surface area contributed by atoms with Crippen LogP contribution in [-0.2, 0) is 0 Å². The van der Waals surface area contributed by atoms with Crippen LogP contribution in [0, 0.1) is 21.8 Å². The molecule has 0 aromatic heterocycles. The monoisotopic (exact) mass is 388 g/mol. The topological polar surface area (TPSA) is 72.2 Å². The smallest absolute Gasteiger partial charge is 0.284 e. The number of hydrogen-bond donors (Lipinski definition) is 1. The van der Waals surface area contributed by atoms with Gasteiger partial charge >= 0.3 is 0 Å². The molecule has 2 unspecified atom stereocenters. The second-order valence-electron chi connectivity index (χ2n) is 6.84. The van der Waals surface area contributed by atoms with Crippen molar-refractivity contribution in [3.8, 4) is 0 Å². The van der Waals surface area contributed by atoms with E-state index in [1.165, 1.54) is 36.4 Å². The first-order valence-corrected chi connectivity index (χ1v) is 9.78. The van der Waals surface area contributed by atoms with Crippen LogP contribution in [0.25, 0.3) is 0 Å². The summed E-state index contributed by atoms with van der Waals surface area (Å²) < 4.78 is 13.0. The number of nitrogens with one attached hydrogen (secondary N) is 1. The Kier molecular flexibility index (Phi) is 6.11. The lowest BCUT2D eigenvalue weighted by Gasteiger charge is -2.29. The molecule has 1 fully saturated rings. The Morgan fingerprint density at radius 3 is 2.56 bits per heavy atom. The van der Waals surface area contributed by atoms with Crippen molar-refractivity contribution in [3.63, 3.8) is 0 Å². The van der Waals surface area contributed by atoms with Crippen LogP contribution >= 0.6 is 11.8 Å². The van der Waals surface area contributed by atoms with E-state index < -0.39 is 4.92 Å². The van der Waals surface area contributed by atoms with Gasteiger partial charge < -0.3 is 5.32 Å². The third-order valence-corrected chi connectivity index (χ3v) is 5.96. The van der Waals surface area contributed by atoms with E-state index in [1.807, 2.05) is 0 Å². The van der Waals surface area contributed by atoms with Crippen molar-refractivity contribution in [1.82, 2.24) is 5.32 Å². The van der Waals surface area contributed by atoms with Gasteiger partial charge in [0.15, 0.2) is 0 Å². The molecular formula is C20H21FN2O3S. The van der Waals surface area contributed by atoms with Gasteiger partial charge in [-0.1, -0.05) is 31.5 Å². The summed E-state index contributed by atoms with van der Waals surface area (Å²) in [5.74, 6) is -0.237. The van der Waals surface area contributed by atoms with Gasteiger partial charge in [-0.2, -0.15) is 0 Å². The number of nitrogens with zero attached hydrogens (tertiary/aromatic N) is 1. The van der Waals surface area contributed by atoms with Gasteiger partial charge in [0.2, 0.25) is 0 Å². The highest BCUT2D eigenvalue weighted by molar-refractivity contribution is 7.99. The molecule has 5 nitrogen and oxygen atoms in total. The van der Waals surface area contributed by atoms with E-state index in [2.05, 4.69) is 12.2 Å². The van der Waals surface area contributed by atoms with Crippen LogP contribution in [0.4, 0.5) is 10.1 Å². The fourth-order valence-corrected chi connectivity index (χ4v) is 4.20. The SMILES string of the molecule is CC1CCCCC1NC(=O)c1ccc(Sc2ccc(F)cc2)c([N+](=O)[O-])c1. The Hall–Kier alpha value is -2.41. The molecule has 1 amide bonds. The van der Waals surface area contributed by atoms with E-state index in [9.17, 15) is 19.3 Å². The molecule has 2 aromatic rings. The molecule has 1 aliphatic rings. The summed E-state index contributed by atoms with van der Waals surface area (Å²) in [6.07, 6.45) is 4.28. The van der Waals surface area contributed by atoms with Gasteiger partial charge in [0.05, 0.1) is 9.82 Å².